The van der Waals surface area contributed by atoms with Crippen molar-refractivity contribution in [1.82, 2.24) is 5.32 Å². The van der Waals surface area contributed by atoms with Crippen molar-refractivity contribution in [2.24, 2.45) is 5.92 Å². The molecule has 1 aliphatic carbocycles. The summed E-state index contributed by atoms with van der Waals surface area (Å²) in [5.74, 6) is 4.73. The second-order valence-electron chi connectivity index (χ2n) is 5.83. The maximum absolute atomic E-state index is 14.0. The van der Waals surface area contributed by atoms with Gasteiger partial charge in [-0.25, -0.2) is 4.39 Å². The molecule has 0 saturated carbocycles. The molecule has 2 nitrogen and oxygen atoms in total. The molecule has 0 aromatic rings. The molecular weight excluding hydrogens is 325 g/mol. The van der Waals surface area contributed by atoms with Gasteiger partial charge in [0, 0.05) is 11.6 Å². The van der Waals surface area contributed by atoms with Crippen molar-refractivity contribution in [1.29, 1.82) is 0 Å². The second-order valence-corrected chi connectivity index (χ2v) is 5.83. The molecule has 0 radical (unpaired) electrons. The number of carbonyl (C=O) groups excluding carboxylic acids is 1. The van der Waals surface area contributed by atoms with Crippen molar-refractivity contribution < 1.29 is 9.18 Å². The summed E-state index contributed by atoms with van der Waals surface area (Å²) in [5.41, 5.74) is 2.61. The van der Waals surface area contributed by atoms with Gasteiger partial charge in [-0.3, -0.25) is 4.79 Å². The van der Waals surface area contributed by atoms with Gasteiger partial charge in [-0.15, -0.1) is 12.8 Å². The topological polar surface area (TPSA) is 29.1 Å². The smallest absolute Gasteiger partial charge is 0.296 e. The first-order chi connectivity index (χ1) is 12.4. The minimum Gasteiger partial charge on any atom is -0.342 e. The number of carbonyl (C=O) groups is 1. The van der Waals surface area contributed by atoms with Gasteiger partial charge in [0.1, 0.15) is 5.83 Å². The number of halogens is 1. The summed E-state index contributed by atoms with van der Waals surface area (Å²) in [7, 11) is 0. The molecule has 0 fully saturated rings. The largest absolute Gasteiger partial charge is 0.342 e. The summed E-state index contributed by atoms with van der Waals surface area (Å²) in [6, 6.07) is 0.00688. The van der Waals surface area contributed by atoms with E-state index in [1.54, 1.807) is 6.92 Å². The fourth-order valence-electron chi connectivity index (χ4n) is 2.77. The third-order valence-corrected chi connectivity index (χ3v) is 4.28. The van der Waals surface area contributed by atoms with Gasteiger partial charge in [0.2, 0.25) is 0 Å². The Morgan fingerprint density at radius 3 is 2.50 bits per heavy atom. The predicted molar refractivity (Wildman–Crippen MR) is 111 cm³/mol. The van der Waals surface area contributed by atoms with Gasteiger partial charge in [0.05, 0.1) is 0 Å². The van der Waals surface area contributed by atoms with Crippen LogP contribution in [-0.2, 0) is 4.79 Å². The summed E-state index contributed by atoms with van der Waals surface area (Å²) in [5, 5.41) is 2.90. The van der Waals surface area contributed by atoms with Crippen LogP contribution in [0.2, 0.25) is 0 Å². The number of terminal acetylenes is 1. The Labute approximate surface area is 160 Å². The highest BCUT2D eigenvalue weighted by atomic mass is 19.1. The molecule has 2 unspecified atom stereocenters. The van der Waals surface area contributed by atoms with Gasteiger partial charge in [-0.2, -0.15) is 0 Å². The van der Waals surface area contributed by atoms with Crippen molar-refractivity contribution in [3.63, 3.8) is 0 Å². The first kappa shape index (κ1) is 26.0. The minimum absolute atomic E-state index is 0.00688. The molecule has 0 saturated heterocycles. The van der Waals surface area contributed by atoms with E-state index in [4.69, 9.17) is 0 Å². The van der Waals surface area contributed by atoms with Crippen LogP contribution < -0.4 is 5.32 Å². The summed E-state index contributed by atoms with van der Waals surface area (Å²) in [4.78, 5) is 11.6. The number of amides is 1. The van der Waals surface area contributed by atoms with Gasteiger partial charge in [0.25, 0.3) is 5.91 Å². The Morgan fingerprint density at radius 1 is 1.46 bits per heavy atom. The standard InChI is InChI=1S/C19H26FNO.C2H6.C2H2/c1-6-9-18(22)21-17-11-8-10-16(12-17)19(15(5)20)14(4)13(3)7-2;2*1-2/h10,13,17H,5,7-8,11-12H2,1-4H3,(H,21,22);1-2H3;1-2H/b19-14-;;. The van der Waals surface area contributed by atoms with Crippen molar-refractivity contribution in [3.05, 3.63) is 35.2 Å². The Kier molecular flexibility index (Phi) is 15.0. The normalized spacial score (nSPS) is 17.3. The lowest BCUT2D eigenvalue weighted by atomic mass is 9.84. The average Bonchev–Trinajstić information content (AvgIpc) is 2.64. The quantitative estimate of drug-likeness (QED) is 0.493. The predicted octanol–water partition coefficient (Wildman–Crippen LogP) is 5.73. The van der Waals surface area contributed by atoms with Gasteiger partial charge in [0.15, 0.2) is 0 Å². The SMILES string of the molecule is C#C.C=C(F)/C(C1=CCCC(NC(=O)C#CC)C1)=C(\C)C(C)CC.CC. The molecule has 1 rings (SSSR count). The van der Waals surface area contributed by atoms with E-state index >= 15 is 0 Å². The zero-order valence-electron chi connectivity index (χ0n) is 17.2. The van der Waals surface area contributed by atoms with Crippen LogP contribution >= 0.6 is 0 Å². The summed E-state index contributed by atoms with van der Waals surface area (Å²) in [6.45, 7) is 15.3. The van der Waals surface area contributed by atoms with Gasteiger partial charge in [-0.05, 0) is 56.9 Å². The minimum atomic E-state index is -0.385. The Morgan fingerprint density at radius 2 is 2.04 bits per heavy atom. The molecule has 26 heavy (non-hydrogen) atoms. The van der Waals surface area contributed by atoms with Crippen molar-refractivity contribution in [2.45, 2.75) is 73.3 Å². The van der Waals surface area contributed by atoms with Crippen molar-refractivity contribution in [2.75, 3.05) is 0 Å². The van der Waals surface area contributed by atoms with Crippen molar-refractivity contribution in [3.8, 4) is 24.7 Å². The maximum atomic E-state index is 14.0. The molecule has 0 bridgehead atoms. The van der Waals surface area contributed by atoms with E-state index in [0.717, 1.165) is 30.4 Å². The number of nitrogens with one attached hydrogen (secondary N) is 1. The number of hydrogen-bond donors (Lipinski definition) is 1. The van der Waals surface area contributed by atoms with Crippen LogP contribution in [0.3, 0.4) is 0 Å². The van der Waals surface area contributed by atoms with Crippen LogP contribution in [0.1, 0.15) is 67.2 Å². The van der Waals surface area contributed by atoms with Gasteiger partial charge in [-0.1, -0.05) is 51.8 Å². The highest BCUT2D eigenvalue weighted by Gasteiger charge is 2.23. The van der Waals surface area contributed by atoms with Crippen LogP contribution in [0, 0.1) is 30.6 Å². The third kappa shape index (κ3) is 8.72. The zero-order valence-corrected chi connectivity index (χ0v) is 17.2. The second kappa shape index (κ2) is 15.0. The van der Waals surface area contributed by atoms with E-state index in [2.05, 4.69) is 56.5 Å². The molecule has 0 spiro atoms. The van der Waals surface area contributed by atoms with E-state index in [-0.39, 0.29) is 17.8 Å². The zero-order chi connectivity index (χ0) is 20.7. The molecule has 0 heterocycles. The van der Waals surface area contributed by atoms with Crippen LogP contribution in [0.4, 0.5) is 4.39 Å². The van der Waals surface area contributed by atoms with Gasteiger partial charge < -0.3 is 5.32 Å². The molecule has 1 amide bonds. The summed E-state index contributed by atoms with van der Waals surface area (Å²) in [6.07, 6.45) is 13.3. The molecule has 2 atom stereocenters. The molecule has 0 aliphatic heterocycles. The molecule has 1 aliphatic rings. The number of rotatable bonds is 5. The lowest BCUT2D eigenvalue weighted by Crippen LogP contribution is -2.35. The molecule has 3 heteroatoms. The van der Waals surface area contributed by atoms with Crippen molar-refractivity contribution >= 4 is 5.91 Å². The van der Waals surface area contributed by atoms with Crippen LogP contribution in [0.25, 0.3) is 0 Å². The van der Waals surface area contributed by atoms with Crippen LogP contribution in [0.5, 0.6) is 0 Å². The average molecular weight is 360 g/mol. The molecule has 0 aromatic carbocycles. The molecule has 0 aromatic heterocycles. The number of allylic oxidation sites excluding steroid dienone is 4. The first-order valence-corrected chi connectivity index (χ1v) is 9.22. The number of hydrogen-bond acceptors (Lipinski definition) is 1. The van der Waals surface area contributed by atoms with E-state index in [0.29, 0.717) is 17.9 Å². The van der Waals surface area contributed by atoms with Gasteiger partial charge >= 0.3 is 0 Å². The summed E-state index contributed by atoms with van der Waals surface area (Å²) >= 11 is 0. The Hall–Kier alpha value is -2.26. The molecule has 1 N–H and O–H groups in total. The Balaban J connectivity index is 0. The van der Waals surface area contributed by atoms with E-state index in [1.807, 2.05) is 20.8 Å². The molecular formula is C23H34FNO. The summed E-state index contributed by atoms with van der Waals surface area (Å²) < 4.78 is 14.0. The lowest BCUT2D eigenvalue weighted by Gasteiger charge is -2.26. The fraction of sp³-hybridized carbons (Fsp3) is 0.522. The highest BCUT2D eigenvalue weighted by Crippen LogP contribution is 2.34. The fourth-order valence-corrected chi connectivity index (χ4v) is 2.77. The van der Waals surface area contributed by atoms with E-state index in [9.17, 15) is 9.18 Å². The third-order valence-electron chi connectivity index (χ3n) is 4.28. The lowest BCUT2D eigenvalue weighted by molar-refractivity contribution is -0.116. The Bertz CT molecular complexity index is 599. The highest BCUT2D eigenvalue weighted by molar-refractivity contribution is 5.93. The maximum Gasteiger partial charge on any atom is 0.296 e. The van der Waals surface area contributed by atoms with Crippen LogP contribution in [0.15, 0.2) is 35.2 Å². The van der Waals surface area contributed by atoms with E-state index in [1.165, 1.54) is 0 Å². The van der Waals surface area contributed by atoms with E-state index < -0.39 is 0 Å². The van der Waals surface area contributed by atoms with Crippen LogP contribution in [-0.4, -0.2) is 11.9 Å². The molecule has 144 valence electrons. The monoisotopic (exact) mass is 359 g/mol. The first-order valence-electron chi connectivity index (χ1n) is 9.22.